The lowest BCUT2D eigenvalue weighted by atomic mass is 9.75. The molecule has 5 heterocycles. The number of hydrogen-bond donors (Lipinski definition) is 7. The molecule has 7 rings (SSSR count). The number of hydrogen-bond acceptors (Lipinski definition) is 11. The molecule has 0 spiro atoms. The van der Waals surface area contributed by atoms with Gasteiger partial charge in [-0.3, -0.25) is 19.2 Å². The van der Waals surface area contributed by atoms with Crippen molar-refractivity contribution in [2.45, 2.75) is 79.2 Å². The summed E-state index contributed by atoms with van der Waals surface area (Å²) in [6.07, 6.45) is 0.789. The topological polar surface area (TPSA) is 211 Å². The van der Waals surface area contributed by atoms with Crippen molar-refractivity contribution in [1.29, 1.82) is 0 Å². The van der Waals surface area contributed by atoms with Crippen LogP contribution in [0.4, 0.5) is 0 Å². The van der Waals surface area contributed by atoms with Crippen LogP contribution in [0.25, 0.3) is 0 Å². The molecule has 254 valence electrons. The Bertz CT molecular complexity index is 1620. The van der Waals surface area contributed by atoms with Gasteiger partial charge in [-0.2, -0.15) is 0 Å². The number of allylic oxidation sites excluding steroid dienone is 5. The number of nitrogens with one attached hydrogen (secondary N) is 1. The highest BCUT2D eigenvalue weighted by atomic mass is 16.6. The number of ether oxygens (including phenoxy) is 1. The van der Waals surface area contributed by atoms with Gasteiger partial charge in [0.25, 0.3) is 5.91 Å². The molecule has 6 bridgehead atoms. The number of aliphatic hydroxyl groups excluding tert-OH is 4. The van der Waals surface area contributed by atoms with E-state index in [2.05, 4.69) is 5.32 Å². The molecule has 12 nitrogen and oxygen atoms in total. The average Bonchev–Trinajstić information content (AvgIpc) is 3.03. The third-order valence-electron chi connectivity index (χ3n) is 9.82. The van der Waals surface area contributed by atoms with E-state index in [0.29, 0.717) is 0 Å². The molecule has 1 amide bonds. The lowest BCUT2D eigenvalue weighted by molar-refractivity contribution is -0.254. The van der Waals surface area contributed by atoms with E-state index < -0.39 is 117 Å². The van der Waals surface area contributed by atoms with E-state index in [9.17, 15) is 49.8 Å². The number of rotatable bonds is 0. The first kappa shape index (κ1) is 35.9. The van der Waals surface area contributed by atoms with E-state index >= 15 is 0 Å². The van der Waals surface area contributed by atoms with Crippen molar-refractivity contribution in [3.05, 3.63) is 69.5 Å². The minimum Gasteiger partial charge on any atom is -0.507 e. The lowest BCUT2D eigenvalue weighted by Gasteiger charge is -2.45. The Balaban J connectivity index is 1.88. The van der Waals surface area contributed by atoms with Gasteiger partial charge in [0.2, 0.25) is 5.78 Å². The van der Waals surface area contributed by atoms with Gasteiger partial charge in [0, 0.05) is 40.9 Å². The van der Waals surface area contributed by atoms with Gasteiger partial charge in [0.1, 0.15) is 11.5 Å². The molecule has 7 N–H and O–H groups in total. The fraction of sp³-hybridized carbons (Fsp3) is 0.486. The van der Waals surface area contributed by atoms with Crippen molar-refractivity contribution in [2.24, 2.45) is 29.6 Å². The van der Waals surface area contributed by atoms with Crippen molar-refractivity contribution in [1.82, 2.24) is 5.32 Å². The van der Waals surface area contributed by atoms with Crippen molar-refractivity contribution in [3.8, 4) is 11.5 Å². The zero-order valence-corrected chi connectivity index (χ0v) is 27.4. The molecule has 1 aromatic carbocycles. The van der Waals surface area contributed by atoms with Gasteiger partial charge in [0.15, 0.2) is 17.9 Å². The zero-order valence-electron chi connectivity index (χ0n) is 27.4. The highest BCUT2D eigenvalue weighted by Gasteiger charge is 2.46. The summed E-state index contributed by atoms with van der Waals surface area (Å²) >= 11 is 0. The van der Waals surface area contributed by atoms with Crippen LogP contribution < -0.4 is 5.32 Å². The molecule has 12 heteroatoms. The third-order valence-corrected chi connectivity index (χ3v) is 9.82. The van der Waals surface area contributed by atoms with Crippen molar-refractivity contribution < 1.29 is 54.6 Å². The Hall–Kier alpha value is -3.94. The lowest BCUT2D eigenvalue weighted by Crippen LogP contribution is -2.54. The quantitative estimate of drug-likeness (QED) is 0.216. The molecule has 0 unspecified atom stereocenters. The zero-order chi connectivity index (χ0) is 35.2. The summed E-state index contributed by atoms with van der Waals surface area (Å²) in [6, 6.07) is 0. The number of amides is 1. The molecular weight excluding hydrogens is 610 g/mol. The Labute approximate surface area is 272 Å². The molecule has 10 atom stereocenters. The van der Waals surface area contributed by atoms with E-state index in [1.165, 1.54) is 39.0 Å². The predicted octanol–water partition coefficient (Wildman–Crippen LogP) is 2.39. The molecule has 1 fully saturated rings. The summed E-state index contributed by atoms with van der Waals surface area (Å²) in [4.78, 5) is 53.8. The first-order valence-corrected chi connectivity index (χ1v) is 15.6. The maximum atomic E-state index is 13.8. The number of Topliss-reactive ketones (excluding diaryl/α,β-unsaturated/α-hetero) is 2. The molecule has 0 saturated carbocycles. The molecule has 47 heavy (non-hydrogen) atoms. The fourth-order valence-electron chi connectivity index (χ4n) is 6.61. The number of aromatic hydroxyl groups is 2. The number of aliphatic hydroxyl groups is 4. The first-order valence-electron chi connectivity index (χ1n) is 15.6. The number of carbonyl (C=O) groups excluding carboxylic acids is 4. The van der Waals surface area contributed by atoms with Crippen molar-refractivity contribution in [2.75, 3.05) is 0 Å². The second-order valence-electron chi connectivity index (χ2n) is 13.0. The van der Waals surface area contributed by atoms with Crippen LogP contribution in [-0.4, -0.2) is 84.6 Å². The van der Waals surface area contributed by atoms with E-state index in [4.69, 9.17) is 4.74 Å². The summed E-state index contributed by atoms with van der Waals surface area (Å²) in [6.45, 7) is 10.8. The van der Waals surface area contributed by atoms with Gasteiger partial charge < -0.3 is 40.7 Å². The summed E-state index contributed by atoms with van der Waals surface area (Å²) in [5, 5.41) is 68.7. The van der Waals surface area contributed by atoms with Crippen LogP contribution in [0.3, 0.4) is 0 Å². The number of phenols is 2. The van der Waals surface area contributed by atoms with Crippen LogP contribution in [0.15, 0.2) is 47.2 Å². The molecular formula is C35H43NO11. The largest absolute Gasteiger partial charge is 0.507 e. The Morgan fingerprint density at radius 2 is 1.30 bits per heavy atom. The molecule has 1 aromatic rings. The Morgan fingerprint density at radius 1 is 0.723 bits per heavy atom. The van der Waals surface area contributed by atoms with E-state index in [1.54, 1.807) is 33.8 Å². The van der Waals surface area contributed by atoms with Gasteiger partial charge >= 0.3 is 0 Å². The molecule has 1 saturated heterocycles. The Kier molecular flexibility index (Phi) is 10.4. The molecule has 0 radical (unpaired) electrons. The van der Waals surface area contributed by atoms with E-state index in [1.807, 2.05) is 0 Å². The monoisotopic (exact) mass is 653 g/mol. The minimum absolute atomic E-state index is 0.112. The molecule has 6 aliphatic rings. The number of carbonyl (C=O) groups is 4. The van der Waals surface area contributed by atoms with E-state index in [-0.39, 0.29) is 16.7 Å². The molecule has 1 aliphatic carbocycles. The third kappa shape index (κ3) is 6.48. The van der Waals surface area contributed by atoms with Gasteiger partial charge in [-0.25, -0.2) is 0 Å². The highest BCUT2D eigenvalue weighted by Crippen LogP contribution is 2.42. The predicted molar refractivity (Wildman–Crippen MR) is 169 cm³/mol. The summed E-state index contributed by atoms with van der Waals surface area (Å²) in [5.41, 5.74) is -2.37. The van der Waals surface area contributed by atoms with Gasteiger partial charge in [0.05, 0.1) is 52.7 Å². The van der Waals surface area contributed by atoms with Crippen LogP contribution >= 0.6 is 0 Å². The maximum Gasteiger partial charge on any atom is 0.251 e. The molecule has 0 aromatic heterocycles. The normalized spacial score (nSPS) is 37.0. The summed E-state index contributed by atoms with van der Waals surface area (Å²) in [7, 11) is 0. The molecule has 5 aliphatic heterocycles. The van der Waals surface area contributed by atoms with Gasteiger partial charge in [-0.1, -0.05) is 52.0 Å². The maximum absolute atomic E-state index is 13.8. The van der Waals surface area contributed by atoms with E-state index in [0.717, 1.165) is 6.08 Å². The van der Waals surface area contributed by atoms with Crippen molar-refractivity contribution >= 4 is 23.3 Å². The van der Waals surface area contributed by atoms with Gasteiger partial charge in [-0.05, 0) is 26.3 Å². The fourth-order valence-corrected chi connectivity index (χ4v) is 6.61. The van der Waals surface area contributed by atoms with Gasteiger partial charge in [-0.15, -0.1) is 0 Å². The second kappa shape index (κ2) is 13.7. The first-order chi connectivity index (χ1) is 21.9. The number of benzene rings is 1. The standard InChI is InChI=1S/C35H43NO11/c1-13-9-8-10-14(2)34(45)36-21-12-22(37)23-24(30(42)17(5)31(43)25(23)32(21)44)27(39)15(3)11-20-29(41)19(7)33(47-35(20)46)18(6)28(40)16(4)26(13)38/h8-13,16,18-20,26,28-29,33,35,38,40-43,46H,1-7H3,(H,36,45)/b9-8+,14-10-,15-11+/t13-,16+,18+,19+,20-,26-,28+,29+,33-,35+/m0/s1. The minimum atomic E-state index is -1.62. The summed E-state index contributed by atoms with van der Waals surface area (Å²) in [5.74, 6) is -8.62. The van der Waals surface area contributed by atoms with Crippen LogP contribution in [-0.2, 0) is 9.53 Å². The number of phenolic OH excluding ortho intramolecular Hbond substituents is 2. The Morgan fingerprint density at radius 3 is 1.91 bits per heavy atom. The van der Waals surface area contributed by atoms with Crippen molar-refractivity contribution in [3.63, 3.8) is 0 Å². The number of ketones is 3. The second-order valence-corrected chi connectivity index (χ2v) is 13.0. The average molecular weight is 654 g/mol. The van der Waals surface area contributed by atoms with Crippen LogP contribution in [0.1, 0.15) is 78.2 Å². The van der Waals surface area contributed by atoms with Crippen LogP contribution in [0, 0.1) is 36.5 Å². The smallest absolute Gasteiger partial charge is 0.251 e. The van der Waals surface area contributed by atoms with Crippen LogP contribution in [0.2, 0.25) is 0 Å². The summed E-state index contributed by atoms with van der Waals surface area (Å²) < 4.78 is 5.89. The SMILES string of the molecule is C/C1=C/C=C/[C@H](C)[C@H](O)[C@@H](C)[C@@H](O)[C@@H](C)[C@@H]2O[C@@H](O)[C@@H](/C=C(\C)C(=O)c3c(O)c(C)c(O)c4c3C(=O)C=C(NC1=O)C4=O)[C@H](O)[C@H]2C. The van der Waals surface area contributed by atoms with Crippen LogP contribution in [0.5, 0.6) is 11.5 Å². The highest BCUT2D eigenvalue weighted by molar-refractivity contribution is 6.31.